The maximum Gasteiger partial charge on any atom is 0.253 e. The summed E-state index contributed by atoms with van der Waals surface area (Å²) in [7, 11) is 3.75. The zero-order chi connectivity index (χ0) is 17.8. The third-order valence-electron chi connectivity index (χ3n) is 5.05. The van der Waals surface area contributed by atoms with E-state index in [4.69, 9.17) is 0 Å². The molecule has 6 nitrogen and oxygen atoms in total. The fraction of sp³-hybridized carbons (Fsp3) is 0.474. The van der Waals surface area contributed by atoms with Crippen molar-refractivity contribution in [3.05, 3.63) is 42.2 Å². The average Bonchev–Trinajstić information content (AvgIpc) is 3.05. The molecule has 1 aromatic heterocycles. The van der Waals surface area contributed by atoms with Gasteiger partial charge < -0.3 is 15.3 Å². The van der Waals surface area contributed by atoms with E-state index in [1.54, 1.807) is 10.9 Å². The van der Waals surface area contributed by atoms with E-state index in [1.807, 2.05) is 49.5 Å². The minimum atomic E-state index is 0.0438. The van der Waals surface area contributed by atoms with Crippen LogP contribution in [0.4, 0.5) is 11.4 Å². The summed E-state index contributed by atoms with van der Waals surface area (Å²) < 4.78 is 1.73. The van der Waals surface area contributed by atoms with Crippen molar-refractivity contribution in [1.29, 1.82) is 0 Å². The number of amides is 1. The minimum Gasteiger partial charge on any atom is -0.396 e. The number of aliphatic hydroxyl groups is 1. The van der Waals surface area contributed by atoms with Gasteiger partial charge in [-0.15, -0.1) is 0 Å². The monoisotopic (exact) mass is 342 g/mol. The van der Waals surface area contributed by atoms with Gasteiger partial charge in [0, 0.05) is 44.2 Å². The number of nitrogens with one attached hydrogen (secondary N) is 1. The molecule has 3 rings (SSSR count). The first-order valence-corrected chi connectivity index (χ1v) is 8.80. The Morgan fingerprint density at radius 2 is 2.08 bits per heavy atom. The van der Waals surface area contributed by atoms with Crippen LogP contribution in [-0.4, -0.2) is 45.4 Å². The zero-order valence-corrected chi connectivity index (χ0v) is 14.9. The Hall–Kier alpha value is -2.34. The topological polar surface area (TPSA) is 70.4 Å². The summed E-state index contributed by atoms with van der Waals surface area (Å²) in [5, 5.41) is 16.7. The molecule has 2 N–H and O–H groups in total. The number of hydrogen-bond acceptors (Lipinski definition) is 4. The summed E-state index contributed by atoms with van der Waals surface area (Å²) in [6.07, 6.45) is 7.53. The van der Waals surface area contributed by atoms with Crippen LogP contribution >= 0.6 is 0 Å². The molecule has 0 aliphatic heterocycles. The number of rotatable bonds is 5. The first-order chi connectivity index (χ1) is 12.1. The van der Waals surface area contributed by atoms with Crippen LogP contribution in [0.15, 0.2) is 36.7 Å². The summed E-state index contributed by atoms with van der Waals surface area (Å²) in [6, 6.07) is 7.82. The fourth-order valence-corrected chi connectivity index (χ4v) is 3.47. The van der Waals surface area contributed by atoms with E-state index in [2.05, 4.69) is 10.4 Å². The molecule has 1 fully saturated rings. The van der Waals surface area contributed by atoms with Gasteiger partial charge in [-0.25, -0.2) is 0 Å². The molecule has 6 heteroatoms. The summed E-state index contributed by atoms with van der Waals surface area (Å²) in [5.74, 6) is 0.439. The Labute approximate surface area is 148 Å². The van der Waals surface area contributed by atoms with E-state index in [0.29, 0.717) is 11.5 Å². The van der Waals surface area contributed by atoms with E-state index in [-0.39, 0.29) is 18.6 Å². The summed E-state index contributed by atoms with van der Waals surface area (Å²) in [5.41, 5.74) is 2.44. The lowest BCUT2D eigenvalue weighted by Gasteiger charge is -2.34. The molecule has 0 radical (unpaired) electrons. The molecule has 0 spiro atoms. The summed E-state index contributed by atoms with van der Waals surface area (Å²) in [6.45, 7) is 0.256. The maximum atomic E-state index is 12.8. The van der Waals surface area contributed by atoms with Crippen LogP contribution in [0.5, 0.6) is 0 Å². The predicted octanol–water partition coefficient (Wildman–Crippen LogP) is 2.79. The lowest BCUT2D eigenvalue weighted by Crippen LogP contribution is -2.39. The molecular formula is C19H26N4O2. The predicted molar refractivity (Wildman–Crippen MR) is 97.9 cm³/mol. The number of carbonyl (C=O) groups is 1. The van der Waals surface area contributed by atoms with Crippen molar-refractivity contribution in [3.63, 3.8) is 0 Å². The molecule has 1 aliphatic rings. The van der Waals surface area contributed by atoms with Crippen LogP contribution in [0, 0.1) is 5.92 Å². The van der Waals surface area contributed by atoms with E-state index >= 15 is 0 Å². The number of aromatic nitrogens is 2. The Bertz CT molecular complexity index is 720. The molecular weight excluding hydrogens is 316 g/mol. The van der Waals surface area contributed by atoms with Gasteiger partial charge in [0.2, 0.25) is 0 Å². The van der Waals surface area contributed by atoms with Crippen molar-refractivity contribution in [2.45, 2.75) is 31.7 Å². The van der Waals surface area contributed by atoms with Crippen LogP contribution < -0.4 is 5.32 Å². The van der Waals surface area contributed by atoms with Crippen molar-refractivity contribution in [2.24, 2.45) is 13.0 Å². The van der Waals surface area contributed by atoms with Gasteiger partial charge in [-0.3, -0.25) is 9.48 Å². The Morgan fingerprint density at radius 1 is 1.32 bits per heavy atom. The molecule has 0 bridgehead atoms. The second-order valence-electron chi connectivity index (χ2n) is 6.88. The molecule has 1 amide bonds. The first kappa shape index (κ1) is 17.5. The lowest BCUT2D eigenvalue weighted by atomic mass is 9.86. The van der Waals surface area contributed by atoms with Crippen LogP contribution in [-0.2, 0) is 7.05 Å². The van der Waals surface area contributed by atoms with Crippen molar-refractivity contribution >= 4 is 17.3 Å². The van der Waals surface area contributed by atoms with Gasteiger partial charge in [-0.2, -0.15) is 5.10 Å². The molecule has 25 heavy (non-hydrogen) atoms. The van der Waals surface area contributed by atoms with Crippen molar-refractivity contribution in [2.75, 3.05) is 19.0 Å². The quantitative estimate of drug-likeness (QED) is 0.876. The first-order valence-electron chi connectivity index (χ1n) is 8.80. The van der Waals surface area contributed by atoms with Gasteiger partial charge in [0.05, 0.1) is 11.9 Å². The molecule has 1 heterocycles. The van der Waals surface area contributed by atoms with Crippen LogP contribution in [0.1, 0.15) is 36.0 Å². The van der Waals surface area contributed by atoms with Gasteiger partial charge in [-0.1, -0.05) is 6.07 Å². The van der Waals surface area contributed by atoms with Crippen molar-refractivity contribution < 1.29 is 9.90 Å². The van der Waals surface area contributed by atoms with Crippen LogP contribution in [0.25, 0.3) is 0 Å². The zero-order valence-electron chi connectivity index (χ0n) is 14.9. The van der Waals surface area contributed by atoms with E-state index in [9.17, 15) is 9.90 Å². The highest BCUT2D eigenvalue weighted by Crippen LogP contribution is 2.28. The summed E-state index contributed by atoms with van der Waals surface area (Å²) in [4.78, 5) is 14.7. The SMILES string of the molecule is CN(C(=O)c1cccc(Nc2cnn(C)c2)c1)C1CCC(CO)CC1. The number of aliphatic hydroxyl groups excluding tert-OH is 1. The van der Waals surface area contributed by atoms with E-state index in [1.165, 1.54) is 0 Å². The molecule has 134 valence electrons. The molecule has 2 aromatic rings. The smallest absolute Gasteiger partial charge is 0.253 e. The third-order valence-corrected chi connectivity index (χ3v) is 5.05. The average molecular weight is 342 g/mol. The standard InChI is InChI=1S/C19H26N4O2/c1-22-12-17(11-20-22)21-16-5-3-4-15(10-16)19(25)23(2)18-8-6-14(13-24)7-9-18/h3-5,10-12,14,18,21,24H,6-9,13H2,1-2H3. The molecule has 0 saturated heterocycles. The molecule has 1 aliphatic carbocycles. The Balaban J connectivity index is 1.66. The van der Waals surface area contributed by atoms with E-state index < -0.39 is 0 Å². The molecule has 0 atom stereocenters. The maximum absolute atomic E-state index is 12.8. The van der Waals surface area contributed by atoms with Crippen LogP contribution in [0.3, 0.4) is 0 Å². The van der Waals surface area contributed by atoms with Crippen molar-refractivity contribution in [1.82, 2.24) is 14.7 Å². The molecule has 0 unspecified atom stereocenters. The highest BCUT2D eigenvalue weighted by atomic mass is 16.3. The van der Waals surface area contributed by atoms with Gasteiger partial charge in [0.1, 0.15) is 0 Å². The highest BCUT2D eigenvalue weighted by molar-refractivity contribution is 5.95. The normalized spacial score (nSPS) is 20.3. The van der Waals surface area contributed by atoms with Crippen LogP contribution in [0.2, 0.25) is 0 Å². The van der Waals surface area contributed by atoms with Crippen molar-refractivity contribution in [3.8, 4) is 0 Å². The fourth-order valence-electron chi connectivity index (χ4n) is 3.47. The largest absolute Gasteiger partial charge is 0.396 e. The lowest BCUT2D eigenvalue weighted by molar-refractivity contribution is 0.0653. The van der Waals surface area contributed by atoms with Gasteiger partial charge >= 0.3 is 0 Å². The second-order valence-corrected chi connectivity index (χ2v) is 6.88. The van der Waals surface area contributed by atoms with Gasteiger partial charge in [-0.05, 0) is 49.8 Å². The molecule has 1 saturated carbocycles. The summed E-state index contributed by atoms with van der Waals surface area (Å²) >= 11 is 0. The third kappa shape index (κ3) is 4.20. The number of benzene rings is 1. The second kappa shape index (κ2) is 7.70. The Morgan fingerprint density at radius 3 is 2.72 bits per heavy atom. The number of hydrogen-bond donors (Lipinski definition) is 2. The molecule has 1 aromatic carbocycles. The van der Waals surface area contributed by atoms with Gasteiger partial charge in [0.15, 0.2) is 0 Å². The highest BCUT2D eigenvalue weighted by Gasteiger charge is 2.26. The number of carbonyl (C=O) groups excluding carboxylic acids is 1. The number of nitrogens with zero attached hydrogens (tertiary/aromatic N) is 3. The number of anilines is 2. The van der Waals surface area contributed by atoms with Gasteiger partial charge in [0.25, 0.3) is 5.91 Å². The van der Waals surface area contributed by atoms with E-state index in [0.717, 1.165) is 37.1 Å². The minimum absolute atomic E-state index is 0.0438. The number of aryl methyl sites for hydroxylation is 1. The Kier molecular flexibility index (Phi) is 5.38.